The maximum absolute atomic E-state index is 11.0. The van der Waals surface area contributed by atoms with E-state index in [-0.39, 0.29) is 11.4 Å². The van der Waals surface area contributed by atoms with Crippen molar-refractivity contribution in [3.8, 4) is 0 Å². The zero-order valence-corrected chi connectivity index (χ0v) is 12.4. The predicted octanol–water partition coefficient (Wildman–Crippen LogP) is 2.00. The molecule has 0 aromatic carbocycles. The summed E-state index contributed by atoms with van der Waals surface area (Å²) < 4.78 is 1.67. The van der Waals surface area contributed by atoms with E-state index in [1.54, 1.807) is 11.6 Å². The molecule has 112 valence electrons. The Morgan fingerprint density at radius 3 is 2.65 bits per heavy atom. The molecular formula is C13H23N5O2. The summed E-state index contributed by atoms with van der Waals surface area (Å²) in [7, 11) is 5.95. The van der Waals surface area contributed by atoms with Crippen LogP contribution in [0.1, 0.15) is 32.1 Å². The first kappa shape index (κ1) is 14.8. The molecule has 2 rings (SSSR count). The van der Waals surface area contributed by atoms with Crippen LogP contribution in [0.25, 0.3) is 0 Å². The fourth-order valence-corrected chi connectivity index (χ4v) is 3.00. The van der Waals surface area contributed by atoms with Crippen molar-refractivity contribution < 1.29 is 4.92 Å². The second kappa shape index (κ2) is 5.78. The van der Waals surface area contributed by atoms with Gasteiger partial charge in [0.2, 0.25) is 12.1 Å². The quantitative estimate of drug-likeness (QED) is 0.660. The molecule has 0 saturated heterocycles. The van der Waals surface area contributed by atoms with Crippen LogP contribution in [0, 0.1) is 10.1 Å². The molecule has 1 aliphatic carbocycles. The Bertz CT molecular complexity index is 477. The zero-order chi connectivity index (χ0) is 14.8. The van der Waals surface area contributed by atoms with E-state index in [0.29, 0.717) is 12.4 Å². The van der Waals surface area contributed by atoms with E-state index in [1.165, 1.54) is 25.6 Å². The lowest BCUT2D eigenvalue weighted by Crippen LogP contribution is -2.51. The number of aromatic nitrogens is 2. The molecule has 1 fully saturated rings. The van der Waals surface area contributed by atoms with E-state index in [9.17, 15) is 10.1 Å². The van der Waals surface area contributed by atoms with Crippen molar-refractivity contribution in [2.75, 3.05) is 26.0 Å². The van der Waals surface area contributed by atoms with Gasteiger partial charge in [-0.15, -0.1) is 0 Å². The molecule has 1 aliphatic rings. The Kier molecular flexibility index (Phi) is 4.27. The molecule has 1 aromatic rings. The first-order valence-corrected chi connectivity index (χ1v) is 7.03. The van der Waals surface area contributed by atoms with E-state index < -0.39 is 4.92 Å². The van der Waals surface area contributed by atoms with Crippen molar-refractivity contribution in [2.24, 2.45) is 7.05 Å². The van der Waals surface area contributed by atoms with Crippen molar-refractivity contribution in [1.82, 2.24) is 14.5 Å². The van der Waals surface area contributed by atoms with Crippen LogP contribution in [0.15, 0.2) is 6.33 Å². The molecule has 1 saturated carbocycles. The number of nitro groups is 1. The van der Waals surface area contributed by atoms with Gasteiger partial charge in [0.15, 0.2) is 0 Å². The largest absolute Gasteiger partial charge is 0.406 e. The molecule has 20 heavy (non-hydrogen) atoms. The number of likely N-dealkylation sites (N-methyl/N-ethyl adjacent to an activating group) is 1. The van der Waals surface area contributed by atoms with Crippen molar-refractivity contribution in [3.05, 3.63) is 16.4 Å². The van der Waals surface area contributed by atoms with Gasteiger partial charge in [0.05, 0.1) is 0 Å². The molecule has 0 bridgehead atoms. The molecule has 0 aliphatic heterocycles. The van der Waals surface area contributed by atoms with Gasteiger partial charge in [-0.2, -0.15) is 0 Å². The van der Waals surface area contributed by atoms with Crippen LogP contribution >= 0.6 is 0 Å². The number of hydrogen-bond donors (Lipinski definition) is 1. The predicted molar refractivity (Wildman–Crippen MR) is 77.9 cm³/mol. The molecule has 0 spiro atoms. The number of nitrogens with one attached hydrogen (secondary N) is 1. The van der Waals surface area contributed by atoms with Crippen LogP contribution in [0.2, 0.25) is 0 Å². The van der Waals surface area contributed by atoms with Crippen molar-refractivity contribution in [2.45, 2.75) is 37.6 Å². The van der Waals surface area contributed by atoms with Crippen molar-refractivity contribution in [1.29, 1.82) is 0 Å². The second-order valence-corrected chi connectivity index (χ2v) is 5.82. The van der Waals surface area contributed by atoms with Crippen LogP contribution in [-0.4, -0.2) is 45.6 Å². The van der Waals surface area contributed by atoms with Crippen LogP contribution in [0.3, 0.4) is 0 Å². The van der Waals surface area contributed by atoms with Gasteiger partial charge >= 0.3 is 5.82 Å². The maximum atomic E-state index is 11.0. The SMILES string of the molecule is CN(C)C1(CNc2c([N+](=O)[O-])ncn2C)CCCCC1. The topological polar surface area (TPSA) is 76.2 Å². The van der Waals surface area contributed by atoms with Crippen LogP contribution in [0.4, 0.5) is 11.6 Å². The Balaban J connectivity index is 2.14. The van der Waals surface area contributed by atoms with Gasteiger partial charge in [0, 0.05) is 19.1 Å². The van der Waals surface area contributed by atoms with E-state index in [0.717, 1.165) is 12.8 Å². The fourth-order valence-electron chi connectivity index (χ4n) is 3.00. The fraction of sp³-hybridized carbons (Fsp3) is 0.769. The van der Waals surface area contributed by atoms with E-state index in [2.05, 4.69) is 29.3 Å². The third kappa shape index (κ3) is 2.77. The van der Waals surface area contributed by atoms with Gasteiger partial charge in [-0.25, -0.2) is 0 Å². The Morgan fingerprint density at radius 2 is 2.10 bits per heavy atom. The average molecular weight is 281 g/mol. The van der Waals surface area contributed by atoms with Gasteiger partial charge in [-0.1, -0.05) is 19.3 Å². The van der Waals surface area contributed by atoms with Gasteiger partial charge in [0.25, 0.3) is 0 Å². The van der Waals surface area contributed by atoms with Crippen LogP contribution in [0.5, 0.6) is 0 Å². The summed E-state index contributed by atoms with van der Waals surface area (Å²) >= 11 is 0. The Morgan fingerprint density at radius 1 is 1.45 bits per heavy atom. The standard InChI is InChI=1S/C13H23N5O2/c1-16(2)13(7-5-4-6-8-13)9-14-11-12(18(19)20)15-10-17(11)3/h10,14H,4-9H2,1-3H3. The summed E-state index contributed by atoms with van der Waals surface area (Å²) in [5.74, 6) is 0.388. The first-order valence-electron chi connectivity index (χ1n) is 7.03. The molecule has 0 atom stereocenters. The van der Waals surface area contributed by atoms with Crippen molar-refractivity contribution in [3.63, 3.8) is 0 Å². The molecular weight excluding hydrogens is 258 g/mol. The highest BCUT2D eigenvalue weighted by atomic mass is 16.6. The smallest absolute Gasteiger partial charge is 0.362 e. The minimum absolute atomic E-state index is 0.0798. The monoisotopic (exact) mass is 281 g/mol. The van der Waals surface area contributed by atoms with E-state index in [1.807, 2.05) is 0 Å². The molecule has 0 unspecified atom stereocenters. The summed E-state index contributed by atoms with van der Waals surface area (Å²) in [6.07, 6.45) is 7.43. The van der Waals surface area contributed by atoms with Gasteiger partial charge in [-0.3, -0.25) is 4.57 Å². The number of imidazole rings is 1. The number of aryl methyl sites for hydroxylation is 1. The molecule has 1 aromatic heterocycles. The second-order valence-electron chi connectivity index (χ2n) is 5.82. The lowest BCUT2D eigenvalue weighted by Gasteiger charge is -2.43. The third-order valence-electron chi connectivity index (χ3n) is 4.41. The highest BCUT2D eigenvalue weighted by molar-refractivity contribution is 5.52. The highest BCUT2D eigenvalue weighted by Crippen LogP contribution is 2.33. The lowest BCUT2D eigenvalue weighted by molar-refractivity contribution is -0.388. The summed E-state index contributed by atoms with van der Waals surface area (Å²) in [5.41, 5.74) is 0.0798. The normalized spacial score (nSPS) is 18.2. The first-order chi connectivity index (χ1) is 9.46. The minimum Gasteiger partial charge on any atom is -0.362 e. The molecule has 7 nitrogen and oxygen atoms in total. The Labute approximate surface area is 119 Å². The number of hydrogen-bond acceptors (Lipinski definition) is 5. The molecule has 1 N–H and O–H groups in total. The number of anilines is 1. The van der Waals surface area contributed by atoms with Gasteiger partial charge in [-0.05, 0) is 36.8 Å². The van der Waals surface area contributed by atoms with Gasteiger partial charge in [0.1, 0.15) is 0 Å². The summed E-state index contributed by atoms with van der Waals surface area (Å²) in [5, 5.41) is 14.2. The summed E-state index contributed by atoms with van der Waals surface area (Å²) in [6.45, 7) is 0.709. The third-order valence-corrected chi connectivity index (χ3v) is 4.41. The number of rotatable bonds is 5. The summed E-state index contributed by atoms with van der Waals surface area (Å²) in [4.78, 5) is 16.6. The Hall–Kier alpha value is -1.63. The van der Waals surface area contributed by atoms with Crippen LogP contribution < -0.4 is 5.32 Å². The van der Waals surface area contributed by atoms with Crippen LogP contribution in [-0.2, 0) is 7.05 Å². The minimum atomic E-state index is -0.439. The molecule has 0 amide bonds. The lowest BCUT2D eigenvalue weighted by atomic mass is 9.80. The zero-order valence-electron chi connectivity index (χ0n) is 12.4. The summed E-state index contributed by atoms with van der Waals surface area (Å²) in [6, 6.07) is 0. The van der Waals surface area contributed by atoms with Crippen molar-refractivity contribution >= 4 is 11.6 Å². The molecule has 1 heterocycles. The number of nitrogens with zero attached hydrogens (tertiary/aromatic N) is 4. The van der Waals surface area contributed by atoms with E-state index in [4.69, 9.17) is 0 Å². The van der Waals surface area contributed by atoms with Gasteiger partial charge < -0.3 is 20.3 Å². The molecule has 0 radical (unpaired) electrons. The highest BCUT2D eigenvalue weighted by Gasteiger charge is 2.35. The average Bonchev–Trinajstić information content (AvgIpc) is 2.79. The molecule has 7 heteroatoms. The maximum Gasteiger partial charge on any atom is 0.406 e. The van der Waals surface area contributed by atoms with E-state index >= 15 is 0 Å².